The Morgan fingerprint density at radius 2 is 2.47 bits per heavy atom. The van der Waals surface area contributed by atoms with Gasteiger partial charge < -0.3 is 15.4 Å². The second-order valence-corrected chi connectivity index (χ2v) is 4.31. The Balaban J connectivity index is 1.92. The van der Waals surface area contributed by atoms with Gasteiger partial charge in [-0.3, -0.25) is 4.79 Å². The van der Waals surface area contributed by atoms with Crippen LogP contribution in [0.1, 0.15) is 25.7 Å². The van der Waals surface area contributed by atoms with E-state index in [0.717, 1.165) is 19.5 Å². The molecule has 1 aliphatic heterocycles. The van der Waals surface area contributed by atoms with E-state index >= 15 is 0 Å². The van der Waals surface area contributed by atoms with Crippen molar-refractivity contribution in [2.75, 3.05) is 32.8 Å². The van der Waals surface area contributed by atoms with Crippen LogP contribution in [-0.4, -0.2) is 38.8 Å². The summed E-state index contributed by atoms with van der Waals surface area (Å²) in [6.45, 7) is 3.34. The first-order valence-electron chi connectivity index (χ1n) is 6.25. The van der Waals surface area contributed by atoms with E-state index in [2.05, 4.69) is 10.6 Å². The van der Waals surface area contributed by atoms with Crippen LogP contribution < -0.4 is 10.6 Å². The molecule has 0 aromatic rings. The first-order chi connectivity index (χ1) is 8.33. The quantitative estimate of drug-likeness (QED) is 0.632. The molecule has 1 amide bonds. The van der Waals surface area contributed by atoms with Crippen molar-refractivity contribution in [3.8, 4) is 6.07 Å². The molecule has 1 rings (SSSR count). The Bertz CT molecular complexity index is 257. The molecule has 96 valence electrons. The lowest BCUT2D eigenvalue weighted by Gasteiger charge is -2.22. The van der Waals surface area contributed by atoms with Gasteiger partial charge >= 0.3 is 0 Å². The van der Waals surface area contributed by atoms with E-state index in [1.165, 1.54) is 12.8 Å². The molecule has 5 nitrogen and oxygen atoms in total. The van der Waals surface area contributed by atoms with Crippen LogP contribution in [0.4, 0.5) is 0 Å². The molecule has 1 saturated heterocycles. The van der Waals surface area contributed by atoms with Crippen molar-refractivity contribution in [3.05, 3.63) is 0 Å². The minimum Gasteiger partial charge on any atom is -0.372 e. The summed E-state index contributed by atoms with van der Waals surface area (Å²) < 4.78 is 5.31. The maximum absolute atomic E-state index is 11.2. The molecule has 0 spiro atoms. The topological polar surface area (TPSA) is 74.2 Å². The highest BCUT2D eigenvalue weighted by atomic mass is 16.5. The van der Waals surface area contributed by atoms with Gasteiger partial charge in [0.1, 0.15) is 6.61 Å². The molecule has 0 bridgehead atoms. The Hall–Kier alpha value is -1.12. The molecule has 0 aliphatic carbocycles. The minimum atomic E-state index is -0.137. The third kappa shape index (κ3) is 6.93. The van der Waals surface area contributed by atoms with Crippen molar-refractivity contribution in [1.29, 1.82) is 5.26 Å². The van der Waals surface area contributed by atoms with Crippen molar-refractivity contribution >= 4 is 5.91 Å². The van der Waals surface area contributed by atoms with E-state index < -0.39 is 0 Å². The highest BCUT2D eigenvalue weighted by Crippen LogP contribution is 2.13. The molecule has 2 N–H and O–H groups in total. The Morgan fingerprint density at radius 1 is 1.59 bits per heavy atom. The van der Waals surface area contributed by atoms with Crippen molar-refractivity contribution in [2.45, 2.75) is 25.7 Å². The summed E-state index contributed by atoms with van der Waals surface area (Å²) in [5.74, 6) is 0.549. The average Bonchev–Trinajstić information content (AvgIpc) is 2.36. The van der Waals surface area contributed by atoms with Gasteiger partial charge in [-0.05, 0) is 38.3 Å². The van der Waals surface area contributed by atoms with Crippen LogP contribution in [0.5, 0.6) is 0 Å². The van der Waals surface area contributed by atoms with Crippen molar-refractivity contribution in [2.24, 2.45) is 5.92 Å². The van der Waals surface area contributed by atoms with Crippen LogP contribution in [-0.2, 0) is 9.53 Å². The molecular weight excluding hydrogens is 218 g/mol. The van der Waals surface area contributed by atoms with Crippen LogP contribution in [0.3, 0.4) is 0 Å². The van der Waals surface area contributed by atoms with E-state index in [-0.39, 0.29) is 12.5 Å². The predicted molar refractivity (Wildman–Crippen MR) is 64.3 cm³/mol. The van der Waals surface area contributed by atoms with Crippen LogP contribution in [0, 0.1) is 17.2 Å². The maximum atomic E-state index is 11.2. The van der Waals surface area contributed by atoms with Crippen LogP contribution in [0.25, 0.3) is 0 Å². The number of hydrogen-bond acceptors (Lipinski definition) is 4. The van der Waals surface area contributed by atoms with Gasteiger partial charge in [-0.2, -0.15) is 5.26 Å². The first kappa shape index (κ1) is 13.9. The number of nitriles is 1. The molecule has 0 aromatic heterocycles. The first-order valence-corrected chi connectivity index (χ1v) is 6.25. The number of piperidine rings is 1. The zero-order chi connectivity index (χ0) is 12.3. The van der Waals surface area contributed by atoms with E-state index in [9.17, 15) is 4.79 Å². The predicted octanol–water partition coefficient (Wildman–Crippen LogP) is 0.423. The molecule has 17 heavy (non-hydrogen) atoms. The summed E-state index contributed by atoms with van der Waals surface area (Å²) in [7, 11) is 0. The molecule has 1 aliphatic rings. The van der Waals surface area contributed by atoms with E-state index in [4.69, 9.17) is 10.00 Å². The van der Waals surface area contributed by atoms with Gasteiger partial charge in [0, 0.05) is 13.2 Å². The zero-order valence-electron chi connectivity index (χ0n) is 10.2. The second-order valence-electron chi connectivity index (χ2n) is 4.31. The summed E-state index contributed by atoms with van der Waals surface area (Å²) in [4.78, 5) is 11.2. The molecule has 1 fully saturated rings. The summed E-state index contributed by atoms with van der Waals surface area (Å²) in [5.41, 5.74) is 0. The molecule has 5 heteroatoms. The number of carbonyl (C=O) groups is 1. The molecule has 1 heterocycles. The van der Waals surface area contributed by atoms with Gasteiger partial charge in [0.25, 0.3) is 0 Å². The number of nitrogens with one attached hydrogen (secondary N) is 2. The maximum Gasteiger partial charge on any atom is 0.246 e. The Morgan fingerprint density at radius 3 is 3.18 bits per heavy atom. The van der Waals surface area contributed by atoms with E-state index in [1.807, 2.05) is 6.07 Å². The van der Waals surface area contributed by atoms with Crippen molar-refractivity contribution in [3.63, 3.8) is 0 Å². The number of carbonyl (C=O) groups excluding carboxylic acids is 1. The smallest absolute Gasteiger partial charge is 0.246 e. The molecule has 1 atom stereocenters. The summed E-state index contributed by atoms with van der Waals surface area (Å²) in [5, 5.41) is 14.3. The van der Waals surface area contributed by atoms with Gasteiger partial charge in [-0.25, -0.2) is 0 Å². The summed E-state index contributed by atoms with van der Waals surface area (Å²) >= 11 is 0. The summed E-state index contributed by atoms with van der Waals surface area (Å²) in [6, 6.07) is 1.97. The number of amides is 1. The third-order valence-electron chi connectivity index (χ3n) is 2.86. The van der Waals surface area contributed by atoms with Gasteiger partial charge in [0.2, 0.25) is 5.91 Å². The highest BCUT2D eigenvalue weighted by molar-refractivity contribution is 5.77. The minimum absolute atomic E-state index is 0.103. The molecule has 0 saturated carbocycles. The van der Waals surface area contributed by atoms with E-state index in [0.29, 0.717) is 25.5 Å². The standard InChI is InChI=1S/C12H21N3O2/c13-5-2-7-15-12(16)10-17-8-4-11-3-1-6-14-9-11/h11,14H,1-4,6-10H2,(H,15,16). The lowest BCUT2D eigenvalue weighted by atomic mass is 9.97. The normalized spacial score (nSPS) is 19.6. The van der Waals surface area contributed by atoms with Crippen LogP contribution in [0.15, 0.2) is 0 Å². The number of ether oxygens (including phenoxy) is 1. The molecule has 0 aromatic carbocycles. The summed E-state index contributed by atoms with van der Waals surface area (Å²) in [6.07, 6.45) is 3.85. The highest BCUT2D eigenvalue weighted by Gasteiger charge is 2.12. The Labute approximate surface area is 103 Å². The lowest BCUT2D eigenvalue weighted by Crippen LogP contribution is -2.31. The van der Waals surface area contributed by atoms with Gasteiger partial charge in [-0.15, -0.1) is 0 Å². The lowest BCUT2D eigenvalue weighted by molar-refractivity contribution is -0.125. The fraction of sp³-hybridized carbons (Fsp3) is 0.833. The zero-order valence-corrected chi connectivity index (χ0v) is 10.2. The number of nitrogens with zero attached hydrogens (tertiary/aromatic N) is 1. The van der Waals surface area contributed by atoms with Crippen molar-refractivity contribution in [1.82, 2.24) is 10.6 Å². The molecule has 0 radical (unpaired) electrons. The average molecular weight is 239 g/mol. The fourth-order valence-electron chi connectivity index (χ4n) is 1.89. The number of hydrogen-bond donors (Lipinski definition) is 2. The fourth-order valence-corrected chi connectivity index (χ4v) is 1.89. The van der Waals surface area contributed by atoms with E-state index in [1.54, 1.807) is 0 Å². The largest absolute Gasteiger partial charge is 0.372 e. The third-order valence-corrected chi connectivity index (χ3v) is 2.86. The van der Waals surface area contributed by atoms with Gasteiger partial charge in [-0.1, -0.05) is 0 Å². The monoisotopic (exact) mass is 239 g/mol. The second kappa shape index (κ2) is 8.97. The Kier molecular flexibility index (Phi) is 7.35. The van der Waals surface area contributed by atoms with Crippen LogP contribution in [0.2, 0.25) is 0 Å². The molecular formula is C12H21N3O2. The van der Waals surface area contributed by atoms with Gasteiger partial charge in [0.05, 0.1) is 12.5 Å². The van der Waals surface area contributed by atoms with Crippen LogP contribution >= 0.6 is 0 Å². The molecule has 1 unspecified atom stereocenters. The van der Waals surface area contributed by atoms with Crippen molar-refractivity contribution < 1.29 is 9.53 Å². The van der Waals surface area contributed by atoms with Gasteiger partial charge in [0.15, 0.2) is 0 Å². The number of rotatable bonds is 7. The SMILES string of the molecule is N#CCCNC(=O)COCCC1CCCNC1.